The molecule has 6 heteroatoms. The van der Waals surface area contributed by atoms with Gasteiger partial charge >= 0.3 is 12.0 Å². The monoisotopic (exact) mass is 286 g/mol. The van der Waals surface area contributed by atoms with Gasteiger partial charge in [-0.25, -0.2) is 4.79 Å². The average Bonchev–Trinajstić information content (AvgIpc) is 3.17. The fourth-order valence-corrected chi connectivity index (χ4v) is 3.38. The van der Waals surface area contributed by atoms with Gasteiger partial charge in [-0.3, -0.25) is 4.79 Å². The van der Waals surface area contributed by atoms with Gasteiger partial charge in [0.1, 0.15) is 0 Å². The van der Waals surface area contributed by atoms with Gasteiger partial charge in [-0.1, -0.05) is 12.8 Å². The maximum Gasteiger partial charge on any atom is 0.315 e. The SMILES string of the molecule is CSC1(CNC(=O)NC2CCCCC2C(=O)O)CC1. The molecule has 0 bridgehead atoms. The van der Waals surface area contributed by atoms with Crippen LogP contribution in [0.4, 0.5) is 4.79 Å². The number of urea groups is 1. The van der Waals surface area contributed by atoms with Gasteiger partial charge in [0.25, 0.3) is 0 Å². The summed E-state index contributed by atoms with van der Waals surface area (Å²) in [6.07, 6.45) is 7.71. The van der Waals surface area contributed by atoms with Crippen molar-refractivity contribution in [1.29, 1.82) is 0 Å². The molecule has 2 atom stereocenters. The van der Waals surface area contributed by atoms with Crippen LogP contribution < -0.4 is 10.6 Å². The molecule has 0 aliphatic heterocycles. The zero-order chi connectivity index (χ0) is 13.9. The molecule has 0 spiro atoms. The minimum absolute atomic E-state index is 0.224. The van der Waals surface area contributed by atoms with Gasteiger partial charge in [0, 0.05) is 17.3 Å². The Bertz CT molecular complexity index is 358. The predicted molar refractivity (Wildman–Crippen MR) is 75.4 cm³/mol. The van der Waals surface area contributed by atoms with Crippen LogP contribution in [0.5, 0.6) is 0 Å². The van der Waals surface area contributed by atoms with Crippen LogP contribution in [0, 0.1) is 5.92 Å². The fraction of sp³-hybridized carbons (Fsp3) is 0.846. The van der Waals surface area contributed by atoms with Crippen molar-refractivity contribution in [3.05, 3.63) is 0 Å². The van der Waals surface area contributed by atoms with Crippen molar-refractivity contribution >= 4 is 23.8 Å². The largest absolute Gasteiger partial charge is 0.481 e. The highest BCUT2D eigenvalue weighted by molar-refractivity contribution is 8.00. The molecule has 2 saturated carbocycles. The van der Waals surface area contributed by atoms with Crippen LogP contribution in [0.2, 0.25) is 0 Å². The Hall–Kier alpha value is -0.910. The summed E-state index contributed by atoms with van der Waals surface area (Å²) >= 11 is 1.80. The topological polar surface area (TPSA) is 78.4 Å². The molecule has 2 rings (SSSR count). The van der Waals surface area contributed by atoms with E-state index >= 15 is 0 Å². The number of amides is 2. The normalized spacial score (nSPS) is 28.5. The summed E-state index contributed by atoms with van der Waals surface area (Å²) in [6, 6.07) is -0.450. The molecule has 0 aromatic rings. The van der Waals surface area contributed by atoms with Crippen molar-refractivity contribution < 1.29 is 14.7 Å². The third kappa shape index (κ3) is 3.78. The lowest BCUT2D eigenvalue weighted by molar-refractivity contribution is -0.143. The van der Waals surface area contributed by atoms with E-state index in [-0.39, 0.29) is 16.8 Å². The highest BCUT2D eigenvalue weighted by atomic mass is 32.2. The molecule has 2 unspecified atom stereocenters. The van der Waals surface area contributed by atoms with Crippen molar-refractivity contribution in [2.24, 2.45) is 5.92 Å². The lowest BCUT2D eigenvalue weighted by atomic mass is 9.84. The lowest BCUT2D eigenvalue weighted by Gasteiger charge is -2.29. The second kappa shape index (κ2) is 6.03. The van der Waals surface area contributed by atoms with E-state index in [2.05, 4.69) is 16.9 Å². The Labute approximate surface area is 117 Å². The second-order valence-electron chi connectivity index (χ2n) is 5.55. The number of rotatable bonds is 5. The Balaban J connectivity index is 1.78. The Morgan fingerprint density at radius 1 is 1.32 bits per heavy atom. The standard InChI is InChI=1S/C13H22N2O3S/c1-19-13(6-7-13)8-14-12(18)15-10-5-3-2-4-9(10)11(16)17/h9-10H,2-8H2,1H3,(H,16,17)(H2,14,15,18). The van der Waals surface area contributed by atoms with E-state index in [9.17, 15) is 9.59 Å². The average molecular weight is 286 g/mol. The molecule has 0 radical (unpaired) electrons. The predicted octanol–water partition coefficient (Wildman–Crippen LogP) is 1.82. The number of nitrogens with one attached hydrogen (secondary N) is 2. The molecule has 0 aromatic heterocycles. The molecule has 19 heavy (non-hydrogen) atoms. The van der Waals surface area contributed by atoms with Gasteiger partial charge in [0.2, 0.25) is 0 Å². The smallest absolute Gasteiger partial charge is 0.315 e. The van der Waals surface area contributed by atoms with Gasteiger partial charge in [0.15, 0.2) is 0 Å². The third-order valence-electron chi connectivity index (χ3n) is 4.21. The maximum absolute atomic E-state index is 11.8. The summed E-state index contributed by atoms with van der Waals surface area (Å²) < 4.78 is 0.232. The molecule has 2 aliphatic rings. The Morgan fingerprint density at radius 2 is 2.00 bits per heavy atom. The molecule has 2 amide bonds. The highest BCUT2D eigenvalue weighted by Crippen LogP contribution is 2.46. The van der Waals surface area contributed by atoms with E-state index in [1.54, 1.807) is 11.8 Å². The quantitative estimate of drug-likeness (QED) is 0.720. The summed E-state index contributed by atoms with van der Waals surface area (Å²) in [5, 5.41) is 14.9. The summed E-state index contributed by atoms with van der Waals surface area (Å²) in [7, 11) is 0. The van der Waals surface area contributed by atoms with Crippen LogP contribution in [-0.2, 0) is 4.79 Å². The number of carboxylic acids is 1. The maximum atomic E-state index is 11.8. The summed E-state index contributed by atoms with van der Waals surface area (Å²) in [6.45, 7) is 0.671. The van der Waals surface area contributed by atoms with Crippen LogP contribution in [-0.4, -0.2) is 40.7 Å². The zero-order valence-corrected chi connectivity index (χ0v) is 12.1. The molecule has 108 valence electrons. The molecule has 0 aromatic carbocycles. The van der Waals surface area contributed by atoms with Gasteiger partial charge < -0.3 is 15.7 Å². The number of carboxylic acid groups (broad SMARTS) is 1. The third-order valence-corrected chi connectivity index (χ3v) is 5.63. The van der Waals surface area contributed by atoms with Crippen molar-refractivity contribution in [2.75, 3.05) is 12.8 Å². The molecular formula is C13H22N2O3S. The van der Waals surface area contributed by atoms with Gasteiger partial charge in [-0.2, -0.15) is 11.8 Å². The van der Waals surface area contributed by atoms with Crippen molar-refractivity contribution in [1.82, 2.24) is 10.6 Å². The zero-order valence-electron chi connectivity index (χ0n) is 11.3. The molecule has 0 heterocycles. The van der Waals surface area contributed by atoms with Crippen LogP contribution in [0.3, 0.4) is 0 Å². The highest BCUT2D eigenvalue weighted by Gasteiger charge is 2.42. The lowest BCUT2D eigenvalue weighted by Crippen LogP contribution is -2.50. The summed E-state index contributed by atoms with van der Waals surface area (Å²) in [5.74, 6) is -1.23. The minimum atomic E-state index is -0.798. The van der Waals surface area contributed by atoms with E-state index < -0.39 is 11.9 Å². The van der Waals surface area contributed by atoms with Gasteiger partial charge in [-0.05, 0) is 31.9 Å². The molecule has 3 N–H and O–H groups in total. The van der Waals surface area contributed by atoms with E-state index in [4.69, 9.17) is 5.11 Å². The van der Waals surface area contributed by atoms with Crippen molar-refractivity contribution in [3.8, 4) is 0 Å². The molecular weight excluding hydrogens is 264 g/mol. The summed E-state index contributed by atoms with van der Waals surface area (Å²) in [4.78, 5) is 23.0. The fourth-order valence-electron chi connectivity index (χ4n) is 2.65. The van der Waals surface area contributed by atoms with E-state index in [0.717, 1.165) is 32.1 Å². The first-order valence-corrected chi connectivity index (χ1v) is 8.11. The van der Waals surface area contributed by atoms with E-state index in [0.29, 0.717) is 13.0 Å². The first-order chi connectivity index (χ1) is 9.06. The first kappa shape index (κ1) is 14.5. The van der Waals surface area contributed by atoms with E-state index in [1.807, 2.05) is 0 Å². The number of thioether (sulfide) groups is 1. The molecule has 0 saturated heterocycles. The number of hydrogen-bond acceptors (Lipinski definition) is 3. The number of carbonyl (C=O) groups excluding carboxylic acids is 1. The number of hydrogen-bond donors (Lipinski definition) is 3. The van der Waals surface area contributed by atoms with Gasteiger partial charge in [-0.15, -0.1) is 0 Å². The Morgan fingerprint density at radius 3 is 2.58 bits per heavy atom. The molecule has 5 nitrogen and oxygen atoms in total. The number of aliphatic carboxylic acids is 1. The second-order valence-corrected chi connectivity index (χ2v) is 6.82. The van der Waals surface area contributed by atoms with Crippen molar-refractivity contribution in [2.45, 2.75) is 49.3 Å². The molecule has 2 aliphatic carbocycles. The molecule has 2 fully saturated rings. The first-order valence-electron chi connectivity index (χ1n) is 6.89. The van der Waals surface area contributed by atoms with Crippen LogP contribution in [0.1, 0.15) is 38.5 Å². The summed E-state index contributed by atoms with van der Waals surface area (Å²) in [5.41, 5.74) is 0. The minimum Gasteiger partial charge on any atom is -0.481 e. The van der Waals surface area contributed by atoms with Crippen LogP contribution in [0.15, 0.2) is 0 Å². The van der Waals surface area contributed by atoms with Crippen LogP contribution >= 0.6 is 11.8 Å². The van der Waals surface area contributed by atoms with Crippen molar-refractivity contribution in [3.63, 3.8) is 0 Å². The Kier molecular flexibility index (Phi) is 4.60. The van der Waals surface area contributed by atoms with E-state index in [1.165, 1.54) is 0 Å². The van der Waals surface area contributed by atoms with Crippen LogP contribution in [0.25, 0.3) is 0 Å². The van der Waals surface area contributed by atoms with Gasteiger partial charge in [0.05, 0.1) is 5.92 Å². The number of carbonyl (C=O) groups is 2.